The molecule has 0 aliphatic rings. The summed E-state index contributed by atoms with van der Waals surface area (Å²) >= 11 is 13.6. The average Bonchev–Trinajstić information content (AvgIpc) is 3.07. The SMILES string of the molecule is Cc1ccc(CSc2nnc([C@H](NC(=O)c3ccc(Cl)c(Cl)c3)C(C)C)n2C)cc1. The van der Waals surface area contributed by atoms with Crippen molar-refractivity contribution in [3.05, 3.63) is 75.0 Å². The highest BCUT2D eigenvalue weighted by molar-refractivity contribution is 7.98. The van der Waals surface area contributed by atoms with Crippen LogP contribution in [0.15, 0.2) is 47.6 Å². The van der Waals surface area contributed by atoms with Crippen molar-refractivity contribution in [1.82, 2.24) is 20.1 Å². The molecule has 1 aromatic heterocycles. The van der Waals surface area contributed by atoms with Gasteiger partial charge < -0.3 is 9.88 Å². The van der Waals surface area contributed by atoms with Crippen LogP contribution < -0.4 is 5.32 Å². The molecule has 1 amide bonds. The molecule has 30 heavy (non-hydrogen) atoms. The Balaban J connectivity index is 1.75. The summed E-state index contributed by atoms with van der Waals surface area (Å²) in [6.07, 6.45) is 0. The number of nitrogens with one attached hydrogen (secondary N) is 1. The van der Waals surface area contributed by atoms with Crippen molar-refractivity contribution in [3.63, 3.8) is 0 Å². The Labute approximate surface area is 191 Å². The Morgan fingerprint density at radius 1 is 1.10 bits per heavy atom. The second-order valence-corrected chi connectivity index (χ2v) is 9.26. The molecule has 3 rings (SSSR count). The lowest BCUT2D eigenvalue weighted by atomic mass is 10.0. The fourth-order valence-electron chi connectivity index (χ4n) is 2.95. The lowest BCUT2D eigenvalue weighted by Crippen LogP contribution is -2.33. The largest absolute Gasteiger partial charge is 0.342 e. The van der Waals surface area contributed by atoms with Gasteiger partial charge in [0.25, 0.3) is 5.91 Å². The normalized spacial score (nSPS) is 12.2. The molecule has 0 bridgehead atoms. The number of amides is 1. The standard InChI is InChI=1S/C22H24Cl2N4OS/c1-13(2)19(25-21(29)16-9-10-17(23)18(24)11-16)20-26-27-22(28(20)4)30-12-15-7-5-14(3)6-8-15/h5-11,13,19H,12H2,1-4H3,(H,25,29)/t19-/m1/s1. The molecule has 0 unspecified atom stereocenters. The molecule has 0 saturated carbocycles. The van der Waals surface area contributed by atoms with Crippen molar-refractivity contribution in [1.29, 1.82) is 0 Å². The van der Waals surface area contributed by atoms with Gasteiger partial charge in [0.2, 0.25) is 0 Å². The summed E-state index contributed by atoms with van der Waals surface area (Å²) in [4.78, 5) is 12.8. The highest BCUT2D eigenvalue weighted by atomic mass is 35.5. The van der Waals surface area contributed by atoms with Crippen LogP contribution in [-0.4, -0.2) is 20.7 Å². The van der Waals surface area contributed by atoms with Gasteiger partial charge >= 0.3 is 0 Å². The molecule has 5 nitrogen and oxygen atoms in total. The van der Waals surface area contributed by atoms with E-state index in [0.29, 0.717) is 21.4 Å². The lowest BCUT2D eigenvalue weighted by molar-refractivity contribution is 0.0922. The average molecular weight is 463 g/mol. The third kappa shape index (κ3) is 5.36. The minimum atomic E-state index is -0.293. The van der Waals surface area contributed by atoms with E-state index in [9.17, 15) is 4.79 Å². The molecule has 0 aliphatic heterocycles. The summed E-state index contributed by atoms with van der Waals surface area (Å²) < 4.78 is 1.94. The van der Waals surface area contributed by atoms with E-state index in [-0.39, 0.29) is 17.9 Å². The molecule has 0 radical (unpaired) electrons. The Kier molecular flexibility index (Phi) is 7.45. The fraction of sp³-hybridized carbons (Fsp3) is 0.318. The highest BCUT2D eigenvalue weighted by Gasteiger charge is 2.25. The maximum atomic E-state index is 12.8. The van der Waals surface area contributed by atoms with Gasteiger partial charge in [-0.05, 0) is 36.6 Å². The fourth-order valence-corrected chi connectivity index (χ4v) is 4.12. The third-order valence-electron chi connectivity index (χ3n) is 4.77. The zero-order valence-electron chi connectivity index (χ0n) is 17.3. The topological polar surface area (TPSA) is 59.8 Å². The molecule has 0 fully saturated rings. The molecule has 158 valence electrons. The van der Waals surface area contributed by atoms with E-state index < -0.39 is 0 Å². The van der Waals surface area contributed by atoms with Crippen molar-refractivity contribution in [3.8, 4) is 0 Å². The maximum Gasteiger partial charge on any atom is 0.251 e. The first-order valence-electron chi connectivity index (χ1n) is 9.59. The van der Waals surface area contributed by atoms with Crippen LogP contribution in [0.1, 0.15) is 47.2 Å². The minimum absolute atomic E-state index is 0.120. The smallest absolute Gasteiger partial charge is 0.251 e. The van der Waals surface area contributed by atoms with Crippen LogP contribution in [0.2, 0.25) is 10.0 Å². The quantitative estimate of drug-likeness (QED) is 0.447. The van der Waals surface area contributed by atoms with Gasteiger partial charge in [-0.1, -0.05) is 78.6 Å². The Hall–Kier alpha value is -2.02. The number of nitrogens with zero attached hydrogens (tertiary/aromatic N) is 3. The van der Waals surface area contributed by atoms with Crippen molar-refractivity contribution >= 4 is 40.9 Å². The summed E-state index contributed by atoms with van der Waals surface area (Å²) in [6.45, 7) is 6.14. The van der Waals surface area contributed by atoms with Crippen LogP contribution in [0.5, 0.6) is 0 Å². The second-order valence-electron chi connectivity index (χ2n) is 7.50. The van der Waals surface area contributed by atoms with Crippen LogP contribution in [0.3, 0.4) is 0 Å². The summed E-state index contributed by atoms with van der Waals surface area (Å²) in [5, 5.41) is 13.3. The molecule has 1 atom stereocenters. The van der Waals surface area contributed by atoms with Gasteiger partial charge in [0, 0.05) is 18.4 Å². The van der Waals surface area contributed by atoms with Gasteiger partial charge in [-0.2, -0.15) is 0 Å². The van der Waals surface area contributed by atoms with Gasteiger partial charge in [0.15, 0.2) is 11.0 Å². The Morgan fingerprint density at radius 2 is 1.80 bits per heavy atom. The van der Waals surface area contributed by atoms with Gasteiger partial charge in [0.05, 0.1) is 16.1 Å². The summed E-state index contributed by atoms with van der Waals surface area (Å²) in [6, 6.07) is 13.0. The number of aromatic nitrogens is 3. The van der Waals surface area contributed by atoms with Gasteiger partial charge in [-0.25, -0.2) is 0 Å². The van der Waals surface area contributed by atoms with Crippen molar-refractivity contribution in [2.45, 2.75) is 37.7 Å². The highest BCUT2D eigenvalue weighted by Crippen LogP contribution is 2.27. The summed E-state index contributed by atoms with van der Waals surface area (Å²) in [7, 11) is 1.92. The van der Waals surface area contributed by atoms with Gasteiger partial charge in [0.1, 0.15) is 0 Å². The van der Waals surface area contributed by atoms with Crippen molar-refractivity contribution in [2.75, 3.05) is 0 Å². The molecule has 2 aromatic carbocycles. The Bertz CT molecular complexity index is 1030. The minimum Gasteiger partial charge on any atom is -0.342 e. The van der Waals surface area contributed by atoms with E-state index in [2.05, 4.69) is 46.7 Å². The molecule has 0 aliphatic carbocycles. The van der Waals surface area contributed by atoms with Crippen LogP contribution in [0.25, 0.3) is 0 Å². The van der Waals surface area contributed by atoms with Crippen molar-refractivity contribution < 1.29 is 4.79 Å². The monoisotopic (exact) mass is 462 g/mol. The molecule has 0 spiro atoms. The number of hydrogen-bond donors (Lipinski definition) is 1. The first kappa shape index (κ1) is 22.7. The Morgan fingerprint density at radius 3 is 2.43 bits per heavy atom. The van der Waals surface area contributed by atoms with Gasteiger partial charge in [-0.3, -0.25) is 4.79 Å². The van der Waals surface area contributed by atoms with Crippen molar-refractivity contribution in [2.24, 2.45) is 13.0 Å². The molecule has 8 heteroatoms. The van der Waals surface area contributed by atoms with Crippen LogP contribution in [0, 0.1) is 12.8 Å². The van der Waals surface area contributed by atoms with E-state index in [1.165, 1.54) is 11.1 Å². The van der Waals surface area contributed by atoms with Crippen LogP contribution in [0.4, 0.5) is 0 Å². The number of hydrogen-bond acceptors (Lipinski definition) is 4. The molecular formula is C22H24Cl2N4OS. The summed E-state index contributed by atoms with van der Waals surface area (Å²) in [5.41, 5.74) is 2.91. The predicted molar refractivity (Wildman–Crippen MR) is 123 cm³/mol. The van der Waals surface area contributed by atoms with Gasteiger partial charge in [-0.15, -0.1) is 10.2 Å². The van der Waals surface area contributed by atoms with E-state index in [0.717, 1.165) is 10.9 Å². The molecule has 3 aromatic rings. The second kappa shape index (κ2) is 9.86. The maximum absolute atomic E-state index is 12.8. The summed E-state index contributed by atoms with van der Waals surface area (Å²) in [5.74, 6) is 1.40. The van der Waals surface area contributed by atoms with Crippen LogP contribution in [-0.2, 0) is 12.8 Å². The van der Waals surface area contributed by atoms with E-state index in [1.54, 1.807) is 30.0 Å². The molecular weight excluding hydrogens is 439 g/mol. The molecule has 1 N–H and O–H groups in total. The first-order chi connectivity index (χ1) is 14.3. The number of rotatable bonds is 7. The van der Waals surface area contributed by atoms with Crippen LogP contribution >= 0.6 is 35.0 Å². The number of carbonyl (C=O) groups excluding carboxylic acids is 1. The van der Waals surface area contributed by atoms with E-state index in [4.69, 9.17) is 23.2 Å². The number of thioether (sulfide) groups is 1. The third-order valence-corrected chi connectivity index (χ3v) is 6.60. The molecule has 1 heterocycles. The number of carbonyl (C=O) groups is 1. The lowest BCUT2D eigenvalue weighted by Gasteiger charge is -2.22. The molecule has 0 saturated heterocycles. The van der Waals surface area contributed by atoms with E-state index in [1.807, 2.05) is 25.5 Å². The van der Waals surface area contributed by atoms with E-state index >= 15 is 0 Å². The number of aryl methyl sites for hydroxylation is 1. The predicted octanol–water partition coefficient (Wildman–Crippen LogP) is 5.85. The number of halogens is 2. The zero-order valence-corrected chi connectivity index (χ0v) is 19.6. The zero-order chi connectivity index (χ0) is 21.8. The number of benzene rings is 2. The first-order valence-corrected chi connectivity index (χ1v) is 11.3.